The zero-order valence-corrected chi connectivity index (χ0v) is 8.31. The Bertz CT molecular complexity index is 361. The molecule has 1 aromatic heterocycles. The third-order valence-electron chi connectivity index (χ3n) is 2.30. The van der Waals surface area contributed by atoms with E-state index in [1.165, 1.54) is 6.20 Å². The Labute approximate surface area is 87.5 Å². The van der Waals surface area contributed by atoms with E-state index in [4.69, 9.17) is 5.73 Å². The summed E-state index contributed by atoms with van der Waals surface area (Å²) >= 11 is 0. The summed E-state index contributed by atoms with van der Waals surface area (Å²) in [6, 6.07) is 1.58. The topological polar surface area (TPSA) is 84.1 Å². The van der Waals surface area contributed by atoms with Crippen LogP contribution in [-0.4, -0.2) is 47.0 Å². The van der Waals surface area contributed by atoms with Gasteiger partial charge in [-0.1, -0.05) is 0 Å². The summed E-state index contributed by atoms with van der Waals surface area (Å²) in [5.74, 6) is 0.0570. The van der Waals surface area contributed by atoms with Crippen molar-refractivity contribution in [2.75, 3.05) is 31.9 Å². The molecule has 0 aromatic carbocycles. The van der Waals surface area contributed by atoms with Crippen molar-refractivity contribution >= 4 is 11.9 Å². The van der Waals surface area contributed by atoms with E-state index < -0.39 is 0 Å². The summed E-state index contributed by atoms with van der Waals surface area (Å²) < 4.78 is 0. The number of nitrogens with one attached hydrogen (secondary N) is 1. The van der Waals surface area contributed by atoms with Gasteiger partial charge in [0.1, 0.15) is 5.69 Å². The molecule has 0 saturated carbocycles. The Kier molecular flexibility index (Phi) is 2.77. The Balaban J connectivity index is 2.12. The van der Waals surface area contributed by atoms with E-state index >= 15 is 0 Å². The highest BCUT2D eigenvalue weighted by Crippen LogP contribution is 2.03. The number of rotatable bonds is 1. The Morgan fingerprint density at radius 3 is 2.87 bits per heavy atom. The van der Waals surface area contributed by atoms with Gasteiger partial charge in [0.15, 0.2) is 0 Å². The van der Waals surface area contributed by atoms with Crippen LogP contribution in [0.1, 0.15) is 10.5 Å². The van der Waals surface area contributed by atoms with Crippen molar-refractivity contribution in [1.82, 2.24) is 20.2 Å². The summed E-state index contributed by atoms with van der Waals surface area (Å²) in [5.41, 5.74) is 5.79. The molecule has 3 N–H and O–H groups in total. The average molecular weight is 207 g/mol. The van der Waals surface area contributed by atoms with Crippen molar-refractivity contribution in [3.63, 3.8) is 0 Å². The molecule has 0 bridgehead atoms. The lowest BCUT2D eigenvalue weighted by Gasteiger charge is -2.26. The standard InChI is InChI=1S/C9H13N5O/c10-9-12-2-1-7(13-9)8(15)14-5-3-11-4-6-14/h1-2,11H,3-6H2,(H2,10,12,13). The maximum Gasteiger partial charge on any atom is 0.272 e. The van der Waals surface area contributed by atoms with Gasteiger partial charge >= 0.3 is 0 Å². The molecule has 1 aromatic rings. The van der Waals surface area contributed by atoms with E-state index in [2.05, 4.69) is 15.3 Å². The highest BCUT2D eigenvalue weighted by Gasteiger charge is 2.18. The van der Waals surface area contributed by atoms with Gasteiger partial charge in [0, 0.05) is 32.4 Å². The van der Waals surface area contributed by atoms with Crippen LogP contribution in [0.25, 0.3) is 0 Å². The number of hydrogen-bond acceptors (Lipinski definition) is 5. The fraction of sp³-hybridized carbons (Fsp3) is 0.444. The van der Waals surface area contributed by atoms with Crippen molar-refractivity contribution in [2.45, 2.75) is 0 Å². The van der Waals surface area contributed by atoms with Crippen molar-refractivity contribution in [2.24, 2.45) is 0 Å². The fourth-order valence-electron chi connectivity index (χ4n) is 1.52. The van der Waals surface area contributed by atoms with Crippen LogP contribution in [-0.2, 0) is 0 Å². The quantitative estimate of drug-likeness (QED) is 0.623. The number of nitrogens with zero attached hydrogens (tertiary/aromatic N) is 3. The molecule has 80 valence electrons. The van der Waals surface area contributed by atoms with E-state index in [9.17, 15) is 4.79 Å². The largest absolute Gasteiger partial charge is 0.368 e. The molecule has 1 saturated heterocycles. The maximum absolute atomic E-state index is 11.9. The van der Waals surface area contributed by atoms with Crippen LogP contribution in [0, 0.1) is 0 Å². The molecule has 2 rings (SSSR count). The lowest BCUT2D eigenvalue weighted by molar-refractivity contribution is 0.0730. The van der Waals surface area contributed by atoms with Gasteiger partial charge in [-0.3, -0.25) is 4.79 Å². The minimum atomic E-state index is -0.0781. The third kappa shape index (κ3) is 2.21. The lowest BCUT2D eigenvalue weighted by Crippen LogP contribution is -2.46. The first kappa shape index (κ1) is 9.85. The second-order valence-corrected chi connectivity index (χ2v) is 3.34. The summed E-state index contributed by atoms with van der Waals surface area (Å²) in [5, 5.41) is 3.18. The summed E-state index contributed by atoms with van der Waals surface area (Å²) in [4.78, 5) is 21.3. The number of piperazine rings is 1. The molecular weight excluding hydrogens is 194 g/mol. The zero-order chi connectivity index (χ0) is 10.7. The molecule has 0 atom stereocenters. The van der Waals surface area contributed by atoms with Gasteiger partial charge < -0.3 is 16.0 Å². The van der Waals surface area contributed by atoms with Crippen molar-refractivity contribution in [1.29, 1.82) is 0 Å². The van der Waals surface area contributed by atoms with Crippen LogP contribution in [0.15, 0.2) is 12.3 Å². The SMILES string of the molecule is Nc1nccc(C(=O)N2CCNCC2)n1. The molecule has 0 aliphatic carbocycles. The molecule has 15 heavy (non-hydrogen) atoms. The highest BCUT2D eigenvalue weighted by molar-refractivity contribution is 5.92. The number of anilines is 1. The summed E-state index contributed by atoms with van der Waals surface area (Å²) in [6.07, 6.45) is 1.50. The number of aromatic nitrogens is 2. The first-order chi connectivity index (χ1) is 7.27. The summed E-state index contributed by atoms with van der Waals surface area (Å²) in [6.45, 7) is 3.07. The normalized spacial score (nSPS) is 16.4. The van der Waals surface area contributed by atoms with Gasteiger partial charge in [0.2, 0.25) is 5.95 Å². The first-order valence-corrected chi connectivity index (χ1v) is 4.86. The first-order valence-electron chi connectivity index (χ1n) is 4.86. The van der Waals surface area contributed by atoms with Crippen molar-refractivity contribution in [3.05, 3.63) is 18.0 Å². The van der Waals surface area contributed by atoms with Crippen LogP contribution >= 0.6 is 0 Å². The lowest BCUT2D eigenvalue weighted by atomic mass is 10.3. The van der Waals surface area contributed by atoms with Gasteiger partial charge in [0.25, 0.3) is 5.91 Å². The molecule has 6 nitrogen and oxygen atoms in total. The van der Waals surface area contributed by atoms with E-state index in [1.54, 1.807) is 11.0 Å². The molecule has 0 spiro atoms. The Hall–Kier alpha value is -1.69. The molecule has 0 unspecified atom stereocenters. The monoisotopic (exact) mass is 207 g/mol. The number of nitrogens with two attached hydrogens (primary N) is 1. The average Bonchev–Trinajstić information content (AvgIpc) is 2.29. The van der Waals surface area contributed by atoms with Crippen LogP contribution in [0.2, 0.25) is 0 Å². The predicted octanol–water partition coefficient (Wildman–Crippen LogP) is -0.896. The summed E-state index contributed by atoms with van der Waals surface area (Å²) in [7, 11) is 0. The number of amides is 1. The van der Waals surface area contributed by atoms with Crippen LogP contribution in [0.5, 0.6) is 0 Å². The van der Waals surface area contributed by atoms with Gasteiger partial charge in [-0.15, -0.1) is 0 Å². The molecule has 0 radical (unpaired) electrons. The smallest absolute Gasteiger partial charge is 0.272 e. The van der Waals surface area contributed by atoms with Crippen LogP contribution in [0.3, 0.4) is 0 Å². The molecule has 2 heterocycles. The number of carbonyl (C=O) groups excluding carboxylic acids is 1. The number of hydrogen-bond donors (Lipinski definition) is 2. The van der Waals surface area contributed by atoms with E-state index in [-0.39, 0.29) is 11.9 Å². The van der Waals surface area contributed by atoms with E-state index in [0.29, 0.717) is 18.8 Å². The van der Waals surface area contributed by atoms with Gasteiger partial charge in [-0.05, 0) is 6.07 Å². The number of nitrogen functional groups attached to an aromatic ring is 1. The van der Waals surface area contributed by atoms with Crippen LogP contribution < -0.4 is 11.1 Å². The molecule has 1 aliphatic rings. The van der Waals surface area contributed by atoms with Gasteiger partial charge in [-0.2, -0.15) is 0 Å². The molecule has 1 aliphatic heterocycles. The van der Waals surface area contributed by atoms with E-state index in [0.717, 1.165) is 13.1 Å². The molecular formula is C9H13N5O. The minimum Gasteiger partial charge on any atom is -0.368 e. The predicted molar refractivity (Wildman–Crippen MR) is 55.2 cm³/mol. The second kappa shape index (κ2) is 4.22. The van der Waals surface area contributed by atoms with Crippen molar-refractivity contribution in [3.8, 4) is 0 Å². The maximum atomic E-state index is 11.9. The highest BCUT2D eigenvalue weighted by atomic mass is 16.2. The molecule has 6 heteroatoms. The Morgan fingerprint density at radius 2 is 2.20 bits per heavy atom. The Morgan fingerprint density at radius 1 is 1.47 bits per heavy atom. The van der Waals surface area contributed by atoms with E-state index in [1.807, 2.05) is 0 Å². The van der Waals surface area contributed by atoms with Crippen molar-refractivity contribution < 1.29 is 4.79 Å². The third-order valence-corrected chi connectivity index (χ3v) is 2.30. The minimum absolute atomic E-state index is 0.0781. The fourth-order valence-corrected chi connectivity index (χ4v) is 1.52. The van der Waals surface area contributed by atoms with Crippen LogP contribution in [0.4, 0.5) is 5.95 Å². The molecule has 1 amide bonds. The number of carbonyl (C=O) groups is 1. The zero-order valence-electron chi connectivity index (χ0n) is 8.31. The second-order valence-electron chi connectivity index (χ2n) is 3.34. The van der Waals surface area contributed by atoms with Gasteiger partial charge in [-0.25, -0.2) is 9.97 Å². The molecule has 1 fully saturated rings. The van der Waals surface area contributed by atoms with Gasteiger partial charge in [0.05, 0.1) is 0 Å².